The first kappa shape index (κ1) is 23.9. The van der Waals surface area contributed by atoms with E-state index in [-0.39, 0.29) is 30.0 Å². The molecule has 0 unspecified atom stereocenters. The fourth-order valence-corrected chi connectivity index (χ4v) is 4.03. The van der Waals surface area contributed by atoms with Gasteiger partial charge in [0.2, 0.25) is 0 Å². The summed E-state index contributed by atoms with van der Waals surface area (Å²) in [4.78, 5) is 45.2. The van der Waals surface area contributed by atoms with Crippen molar-refractivity contribution in [2.24, 2.45) is 0 Å². The summed E-state index contributed by atoms with van der Waals surface area (Å²) in [5, 5.41) is 10.5. The smallest absolute Gasteiger partial charge is 0.253 e. The second kappa shape index (κ2) is 9.54. The van der Waals surface area contributed by atoms with Crippen LogP contribution >= 0.6 is 0 Å². The van der Waals surface area contributed by atoms with Crippen molar-refractivity contribution >= 4 is 22.8 Å². The van der Waals surface area contributed by atoms with Crippen LogP contribution in [0.15, 0.2) is 47.4 Å². The molecule has 3 N–H and O–H groups in total. The van der Waals surface area contributed by atoms with Crippen molar-refractivity contribution in [1.29, 1.82) is 0 Å². The zero-order valence-electron chi connectivity index (χ0n) is 20.4. The number of fused-ring (bicyclic) bond motifs is 1. The van der Waals surface area contributed by atoms with Crippen molar-refractivity contribution in [3.8, 4) is 11.3 Å². The fourth-order valence-electron chi connectivity index (χ4n) is 4.03. The second-order valence-corrected chi connectivity index (χ2v) is 8.76. The van der Waals surface area contributed by atoms with Crippen molar-refractivity contribution in [2.45, 2.75) is 40.3 Å². The van der Waals surface area contributed by atoms with Gasteiger partial charge in [0.15, 0.2) is 5.65 Å². The fraction of sp³-hybridized carbons (Fsp3) is 0.269. The number of hydrogen-bond acceptors (Lipinski definition) is 5. The number of pyridine rings is 2. The number of carbonyl (C=O) groups is 2. The van der Waals surface area contributed by atoms with E-state index < -0.39 is 0 Å². The van der Waals surface area contributed by atoms with E-state index in [1.807, 2.05) is 33.8 Å². The van der Waals surface area contributed by atoms with E-state index in [2.05, 4.69) is 20.7 Å². The molecule has 3 heterocycles. The third kappa shape index (κ3) is 4.70. The Hall–Kier alpha value is -4.27. The van der Waals surface area contributed by atoms with Crippen LogP contribution in [0.2, 0.25) is 0 Å². The molecular weight excluding hydrogens is 444 g/mol. The summed E-state index contributed by atoms with van der Waals surface area (Å²) in [7, 11) is 1.58. The molecule has 35 heavy (non-hydrogen) atoms. The number of hydrogen-bond donors (Lipinski definition) is 3. The molecule has 0 radical (unpaired) electrons. The van der Waals surface area contributed by atoms with Gasteiger partial charge in [0.1, 0.15) is 0 Å². The van der Waals surface area contributed by atoms with Crippen LogP contribution in [0.4, 0.5) is 0 Å². The molecule has 1 aromatic carbocycles. The average molecular weight is 473 g/mol. The number of aromatic nitrogens is 4. The normalized spacial score (nSPS) is 11.1. The number of H-pyrrole nitrogens is 1. The van der Waals surface area contributed by atoms with E-state index in [0.29, 0.717) is 33.4 Å². The van der Waals surface area contributed by atoms with Crippen LogP contribution in [0.25, 0.3) is 22.3 Å². The minimum absolute atomic E-state index is 0.0375. The number of carbonyl (C=O) groups excluding carboxylic acids is 2. The van der Waals surface area contributed by atoms with Crippen molar-refractivity contribution in [3.05, 3.63) is 80.9 Å². The molecule has 0 fully saturated rings. The minimum atomic E-state index is -0.330. The van der Waals surface area contributed by atoms with Crippen LogP contribution in [0.3, 0.4) is 0 Å². The number of aromatic amines is 1. The topological polar surface area (TPSA) is 122 Å². The largest absolute Gasteiger partial charge is 0.355 e. The third-order valence-corrected chi connectivity index (χ3v) is 5.89. The van der Waals surface area contributed by atoms with Gasteiger partial charge >= 0.3 is 0 Å². The zero-order chi connectivity index (χ0) is 25.3. The molecule has 0 bridgehead atoms. The lowest BCUT2D eigenvalue weighted by Crippen LogP contribution is -2.28. The predicted octanol–water partition coefficient (Wildman–Crippen LogP) is 3.27. The molecule has 0 aliphatic heterocycles. The lowest BCUT2D eigenvalue weighted by molar-refractivity contribution is 0.0948. The van der Waals surface area contributed by atoms with Gasteiger partial charge in [-0.25, -0.2) is 9.67 Å². The Labute approximate surface area is 202 Å². The summed E-state index contributed by atoms with van der Waals surface area (Å²) in [5.41, 5.74) is 4.75. The molecule has 9 heteroatoms. The van der Waals surface area contributed by atoms with Gasteiger partial charge < -0.3 is 15.6 Å². The summed E-state index contributed by atoms with van der Waals surface area (Å²) < 4.78 is 1.77. The van der Waals surface area contributed by atoms with Crippen molar-refractivity contribution < 1.29 is 9.59 Å². The SMILES string of the molecule is CNC(=O)c1ccc(-c2cc(C(=O)NCc3c(C)cc(C)[nH]c3=O)c3cnn(C(C)C)c3n2)cc1. The van der Waals surface area contributed by atoms with Crippen LogP contribution in [0.1, 0.15) is 57.4 Å². The van der Waals surface area contributed by atoms with Gasteiger partial charge in [0, 0.05) is 42.0 Å². The van der Waals surface area contributed by atoms with Crippen molar-refractivity contribution in [2.75, 3.05) is 7.05 Å². The van der Waals surface area contributed by atoms with Gasteiger partial charge in [0.05, 0.1) is 22.8 Å². The molecule has 9 nitrogen and oxygen atoms in total. The number of aryl methyl sites for hydroxylation is 2. The molecule has 0 saturated carbocycles. The van der Waals surface area contributed by atoms with E-state index in [1.165, 1.54) is 0 Å². The lowest BCUT2D eigenvalue weighted by atomic mass is 10.0. The Bertz CT molecular complexity index is 1480. The summed E-state index contributed by atoms with van der Waals surface area (Å²) in [6, 6.07) is 10.6. The molecule has 4 aromatic rings. The molecule has 3 aromatic heterocycles. The van der Waals surface area contributed by atoms with Crippen LogP contribution < -0.4 is 16.2 Å². The van der Waals surface area contributed by atoms with Gasteiger partial charge in [-0.15, -0.1) is 0 Å². The van der Waals surface area contributed by atoms with Gasteiger partial charge in [-0.3, -0.25) is 14.4 Å². The maximum atomic E-state index is 13.3. The number of nitrogens with zero attached hydrogens (tertiary/aromatic N) is 3. The molecule has 0 spiro atoms. The first-order valence-corrected chi connectivity index (χ1v) is 11.4. The third-order valence-electron chi connectivity index (χ3n) is 5.89. The maximum Gasteiger partial charge on any atom is 0.253 e. The molecule has 0 aliphatic carbocycles. The monoisotopic (exact) mass is 472 g/mol. The van der Waals surface area contributed by atoms with E-state index in [9.17, 15) is 14.4 Å². The first-order valence-electron chi connectivity index (χ1n) is 11.4. The summed E-state index contributed by atoms with van der Waals surface area (Å²) in [6.45, 7) is 7.75. The summed E-state index contributed by atoms with van der Waals surface area (Å²) >= 11 is 0. The number of rotatable bonds is 6. The Morgan fingerprint density at radius 1 is 1.09 bits per heavy atom. The highest BCUT2D eigenvalue weighted by Crippen LogP contribution is 2.27. The molecule has 0 aliphatic rings. The Morgan fingerprint density at radius 3 is 2.43 bits per heavy atom. The summed E-state index contributed by atoms with van der Waals surface area (Å²) in [5.74, 6) is -0.511. The molecule has 0 saturated heterocycles. The van der Waals surface area contributed by atoms with Gasteiger partial charge in [-0.1, -0.05) is 12.1 Å². The predicted molar refractivity (Wildman–Crippen MR) is 134 cm³/mol. The van der Waals surface area contributed by atoms with Crippen LogP contribution in [0, 0.1) is 13.8 Å². The molecule has 2 amide bonds. The van der Waals surface area contributed by atoms with E-state index in [0.717, 1.165) is 16.8 Å². The van der Waals surface area contributed by atoms with Crippen molar-refractivity contribution in [3.63, 3.8) is 0 Å². The minimum Gasteiger partial charge on any atom is -0.355 e. The van der Waals surface area contributed by atoms with E-state index >= 15 is 0 Å². The Balaban J connectivity index is 1.74. The standard InChI is InChI=1S/C26H28N6O3/c1-14(2)32-23-21(13-29-32)19(25(34)28-12-20-15(3)10-16(4)30-26(20)35)11-22(31-23)17-6-8-18(9-7-17)24(33)27-5/h6-11,13-14H,12H2,1-5H3,(H,27,33)(H,28,34)(H,30,35). The van der Waals surface area contributed by atoms with Gasteiger partial charge in [0.25, 0.3) is 17.4 Å². The number of amides is 2. The molecular formula is C26H28N6O3. The molecule has 180 valence electrons. The van der Waals surface area contributed by atoms with Crippen LogP contribution in [-0.2, 0) is 6.54 Å². The lowest BCUT2D eigenvalue weighted by Gasteiger charge is -2.12. The number of nitrogens with one attached hydrogen (secondary N) is 3. The maximum absolute atomic E-state index is 13.3. The number of benzene rings is 1. The molecule has 4 rings (SSSR count). The van der Waals surface area contributed by atoms with Crippen LogP contribution in [-0.4, -0.2) is 38.6 Å². The second-order valence-electron chi connectivity index (χ2n) is 8.76. The Kier molecular flexibility index (Phi) is 6.50. The highest BCUT2D eigenvalue weighted by Gasteiger charge is 2.19. The highest BCUT2D eigenvalue weighted by molar-refractivity contribution is 6.06. The van der Waals surface area contributed by atoms with Gasteiger partial charge in [-0.05, 0) is 57.5 Å². The van der Waals surface area contributed by atoms with E-state index in [4.69, 9.17) is 4.98 Å². The summed E-state index contributed by atoms with van der Waals surface area (Å²) in [6.07, 6.45) is 1.64. The first-order chi connectivity index (χ1) is 16.7. The van der Waals surface area contributed by atoms with Crippen molar-refractivity contribution in [1.82, 2.24) is 30.4 Å². The molecule has 0 atom stereocenters. The van der Waals surface area contributed by atoms with E-state index in [1.54, 1.807) is 48.3 Å². The highest BCUT2D eigenvalue weighted by atomic mass is 16.2. The van der Waals surface area contributed by atoms with Crippen LogP contribution in [0.5, 0.6) is 0 Å². The zero-order valence-corrected chi connectivity index (χ0v) is 20.4. The Morgan fingerprint density at radius 2 is 1.80 bits per heavy atom. The quantitative estimate of drug-likeness (QED) is 0.398. The average Bonchev–Trinajstić information content (AvgIpc) is 3.26. The van der Waals surface area contributed by atoms with Gasteiger partial charge in [-0.2, -0.15) is 5.10 Å².